The predicted molar refractivity (Wildman–Crippen MR) is 113 cm³/mol. The fourth-order valence-corrected chi connectivity index (χ4v) is 4.38. The quantitative estimate of drug-likeness (QED) is 0.518. The van der Waals surface area contributed by atoms with Gasteiger partial charge in [-0.05, 0) is 29.7 Å². The van der Waals surface area contributed by atoms with Crippen LogP contribution in [0, 0.1) is 6.92 Å². The molecule has 0 amide bonds. The molecule has 0 spiro atoms. The lowest BCUT2D eigenvalue weighted by atomic mass is 10.2. The smallest absolute Gasteiger partial charge is 0.335 e. The molecule has 0 bridgehead atoms. The van der Waals surface area contributed by atoms with E-state index in [4.69, 9.17) is 11.6 Å². The Kier molecular flexibility index (Phi) is 6.62. The number of hydrogen-bond acceptors (Lipinski definition) is 3. The van der Waals surface area contributed by atoms with Crippen molar-refractivity contribution in [3.63, 3.8) is 0 Å². The third kappa shape index (κ3) is 5.07. The van der Waals surface area contributed by atoms with Crippen molar-refractivity contribution < 1.29 is 14.5 Å². The molecule has 0 aliphatic rings. The van der Waals surface area contributed by atoms with Crippen molar-refractivity contribution in [1.29, 1.82) is 0 Å². The molecular formula is C22H20ClNO3S. The molecule has 0 aliphatic carbocycles. The number of rotatable bonds is 7. The normalized spacial score (nSPS) is 11.8. The number of anilines is 1. The average Bonchev–Trinajstić information content (AvgIpc) is 2.69. The van der Waals surface area contributed by atoms with Gasteiger partial charge in [-0.2, -0.15) is 0 Å². The molecule has 1 unspecified atom stereocenters. The van der Waals surface area contributed by atoms with Crippen LogP contribution < -0.4 is 5.32 Å². The van der Waals surface area contributed by atoms with E-state index in [0.29, 0.717) is 17.1 Å². The van der Waals surface area contributed by atoms with Gasteiger partial charge >= 0.3 is 5.97 Å². The van der Waals surface area contributed by atoms with Crippen LogP contribution >= 0.6 is 11.6 Å². The lowest BCUT2D eigenvalue weighted by Gasteiger charge is -2.16. The number of aryl methyl sites for hydroxylation is 1. The van der Waals surface area contributed by atoms with E-state index in [2.05, 4.69) is 5.32 Å². The summed E-state index contributed by atoms with van der Waals surface area (Å²) >= 11 is 5.02. The van der Waals surface area contributed by atoms with Crippen molar-refractivity contribution in [2.45, 2.75) is 24.1 Å². The zero-order valence-corrected chi connectivity index (χ0v) is 16.9. The summed E-state index contributed by atoms with van der Waals surface area (Å²) in [6, 6.07) is 20.3. The number of carboxylic acid groups (broad SMARTS) is 1. The molecule has 1 atom stereocenters. The number of carboxylic acids is 1. The summed E-state index contributed by atoms with van der Waals surface area (Å²) < 4.78 is 12.9. The fraction of sp³-hybridized carbons (Fsp3) is 0.136. The van der Waals surface area contributed by atoms with Crippen LogP contribution in [-0.2, 0) is 23.5 Å². The molecule has 4 nitrogen and oxygen atoms in total. The lowest BCUT2D eigenvalue weighted by Crippen LogP contribution is -2.10. The maximum absolute atomic E-state index is 12.9. The van der Waals surface area contributed by atoms with Crippen molar-refractivity contribution >= 4 is 34.4 Å². The minimum Gasteiger partial charge on any atom is -0.611 e. The molecule has 3 aromatic rings. The van der Waals surface area contributed by atoms with E-state index in [1.54, 1.807) is 0 Å². The predicted octanol–water partition coefficient (Wildman–Crippen LogP) is 5.27. The standard InChI is InChI=1S/C22H20ClNO3S/c1-15-7-9-17(10-8-15)14-28(27)20-12-18(22(25)26)11-19(21(20)23)24-13-16-5-3-2-4-6-16/h2-12,24H,13-14H2,1H3,(H,25,26). The van der Waals surface area contributed by atoms with Gasteiger partial charge in [0, 0.05) is 18.2 Å². The van der Waals surface area contributed by atoms with Crippen LogP contribution in [0.5, 0.6) is 0 Å². The molecule has 0 radical (unpaired) electrons. The average molecular weight is 414 g/mol. The van der Waals surface area contributed by atoms with Gasteiger partial charge in [0.25, 0.3) is 0 Å². The summed E-state index contributed by atoms with van der Waals surface area (Å²) in [7, 11) is 0. The second kappa shape index (κ2) is 9.15. The first-order chi connectivity index (χ1) is 13.4. The second-order valence-corrected chi connectivity index (χ2v) is 8.25. The summed E-state index contributed by atoms with van der Waals surface area (Å²) in [6.45, 7) is 2.46. The molecule has 3 aromatic carbocycles. The Morgan fingerprint density at radius 2 is 1.75 bits per heavy atom. The molecule has 0 saturated carbocycles. The van der Waals surface area contributed by atoms with Gasteiger partial charge in [-0.15, -0.1) is 0 Å². The van der Waals surface area contributed by atoms with E-state index in [-0.39, 0.29) is 16.3 Å². The summed E-state index contributed by atoms with van der Waals surface area (Å²) in [5.74, 6) is -0.825. The molecule has 28 heavy (non-hydrogen) atoms. The minimum atomic E-state index is -1.47. The topological polar surface area (TPSA) is 72.4 Å². The number of hydrogen-bond donors (Lipinski definition) is 2. The number of carbonyl (C=O) groups is 1. The van der Waals surface area contributed by atoms with Crippen LogP contribution in [0.2, 0.25) is 5.02 Å². The zero-order valence-electron chi connectivity index (χ0n) is 15.3. The lowest BCUT2D eigenvalue weighted by molar-refractivity contribution is 0.0696. The number of benzene rings is 3. The fourth-order valence-electron chi connectivity index (χ4n) is 2.72. The molecule has 144 valence electrons. The third-order valence-electron chi connectivity index (χ3n) is 4.28. The van der Waals surface area contributed by atoms with Gasteiger partial charge in [0.15, 0.2) is 4.90 Å². The molecule has 6 heteroatoms. The van der Waals surface area contributed by atoms with Gasteiger partial charge in [0.2, 0.25) is 0 Å². The van der Waals surface area contributed by atoms with E-state index in [0.717, 1.165) is 16.7 Å². The highest BCUT2D eigenvalue weighted by atomic mass is 35.5. The van der Waals surface area contributed by atoms with E-state index < -0.39 is 17.1 Å². The summed E-state index contributed by atoms with van der Waals surface area (Å²) in [4.78, 5) is 11.9. The summed E-state index contributed by atoms with van der Waals surface area (Å²) in [6.07, 6.45) is 0. The monoisotopic (exact) mass is 413 g/mol. The van der Waals surface area contributed by atoms with Crippen LogP contribution in [0.1, 0.15) is 27.0 Å². The van der Waals surface area contributed by atoms with Gasteiger partial charge < -0.3 is 15.0 Å². The molecule has 0 heterocycles. The highest BCUT2D eigenvalue weighted by molar-refractivity contribution is 7.90. The van der Waals surface area contributed by atoms with Crippen LogP contribution in [0.25, 0.3) is 0 Å². The van der Waals surface area contributed by atoms with E-state index in [1.165, 1.54) is 12.1 Å². The van der Waals surface area contributed by atoms with Gasteiger partial charge in [-0.1, -0.05) is 71.8 Å². The first kappa shape index (κ1) is 20.3. The molecule has 0 saturated heterocycles. The zero-order chi connectivity index (χ0) is 20.1. The molecule has 0 aliphatic heterocycles. The Bertz CT molecular complexity index is 962. The number of aromatic carboxylic acids is 1. The first-order valence-electron chi connectivity index (χ1n) is 8.72. The van der Waals surface area contributed by atoms with Crippen LogP contribution in [0.15, 0.2) is 71.6 Å². The Morgan fingerprint density at radius 1 is 1.07 bits per heavy atom. The van der Waals surface area contributed by atoms with Crippen molar-refractivity contribution in [3.8, 4) is 0 Å². The van der Waals surface area contributed by atoms with Crippen molar-refractivity contribution in [2.75, 3.05) is 5.32 Å². The highest BCUT2D eigenvalue weighted by Crippen LogP contribution is 2.33. The molecule has 2 N–H and O–H groups in total. The second-order valence-electron chi connectivity index (χ2n) is 6.46. The van der Waals surface area contributed by atoms with Crippen molar-refractivity contribution in [2.24, 2.45) is 0 Å². The van der Waals surface area contributed by atoms with Gasteiger partial charge in [-0.3, -0.25) is 0 Å². The van der Waals surface area contributed by atoms with E-state index in [1.807, 2.05) is 61.5 Å². The molecule has 0 aromatic heterocycles. The van der Waals surface area contributed by atoms with E-state index in [9.17, 15) is 14.5 Å². The highest BCUT2D eigenvalue weighted by Gasteiger charge is 2.22. The van der Waals surface area contributed by atoms with Crippen molar-refractivity contribution in [3.05, 3.63) is 94.0 Å². The van der Waals surface area contributed by atoms with E-state index >= 15 is 0 Å². The minimum absolute atomic E-state index is 0.0483. The molecular weight excluding hydrogens is 394 g/mol. The maximum Gasteiger partial charge on any atom is 0.335 e. The maximum atomic E-state index is 12.9. The number of halogens is 1. The van der Waals surface area contributed by atoms with Gasteiger partial charge in [0.05, 0.1) is 11.3 Å². The van der Waals surface area contributed by atoms with Gasteiger partial charge in [0.1, 0.15) is 10.8 Å². The Labute approximate surface area is 172 Å². The number of nitrogens with one attached hydrogen (secondary N) is 1. The molecule has 3 rings (SSSR count). The van der Waals surface area contributed by atoms with Crippen LogP contribution in [-0.4, -0.2) is 15.6 Å². The third-order valence-corrected chi connectivity index (χ3v) is 6.20. The molecule has 0 fully saturated rings. The Morgan fingerprint density at radius 3 is 2.39 bits per heavy atom. The Balaban J connectivity index is 1.87. The Hall–Kier alpha value is -2.47. The van der Waals surface area contributed by atoms with Gasteiger partial charge in [-0.25, -0.2) is 4.79 Å². The van der Waals surface area contributed by atoms with Crippen molar-refractivity contribution in [1.82, 2.24) is 0 Å². The largest absolute Gasteiger partial charge is 0.611 e. The first-order valence-corrected chi connectivity index (χ1v) is 10.4. The van der Waals surface area contributed by atoms with Crippen LogP contribution in [0.4, 0.5) is 5.69 Å². The SMILES string of the molecule is Cc1ccc(C[S+]([O-])c2cc(C(=O)O)cc(NCc3ccccc3)c2Cl)cc1. The van der Waals surface area contributed by atoms with Crippen LogP contribution in [0.3, 0.4) is 0 Å². The summed E-state index contributed by atoms with van der Waals surface area (Å²) in [5, 5.41) is 12.9. The summed E-state index contributed by atoms with van der Waals surface area (Å²) in [5.41, 5.74) is 3.55.